The SMILES string of the molecule is Cc1ccc(-c2nc(C)c(C[Se]c3ccc(OCC(=O)O)c(C)c3)[se]2)cc1. The average Bonchev–Trinajstić information content (AvgIpc) is 3.00. The van der Waals surface area contributed by atoms with E-state index in [1.807, 2.05) is 19.1 Å². The van der Waals surface area contributed by atoms with E-state index in [1.54, 1.807) is 0 Å². The van der Waals surface area contributed by atoms with E-state index in [2.05, 4.69) is 44.2 Å². The third-order valence-electron chi connectivity index (χ3n) is 4.06. The molecule has 1 aromatic heterocycles. The van der Waals surface area contributed by atoms with Crippen LogP contribution in [-0.2, 0) is 10.1 Å². The van der Waals surface area contributed by atoms with E-state index in [0.29, 0.717) is 35.2 Å². The van der Waals surface area contributed by atoms with Crippen LogP contribution in [0, 0.1) is 20.8 Å². The number of aryl methyl sites for hydroxylation is 3. The molecule has 0 aliphatic carbocycles. The predicted octanol–water partition coefficient (Wildman–Crippen LogP) is 2.72. The van der Waals surface area contributed by atoms with Gasteiger partial charge in [-0.1, -0.05) is 0 Å². The van der Waals surface area contributed by atoms with Crippen molar-refractivity contribution in [1.29, 1.82) is 0 Å². The van der Waals surface area contributed by atoms with E-state index in [1.165, 1.54) is 30.3 Å². The third kappa shape index (κ3) is 5.33. The van der Waals surface area contributed by atoms with E-state index in [0.717, 1.165) is 10.9 Å². The fourth-order valence-electron chi connectivity index (χ4n) is 2.54. The number of carbonyl (C=O) groups is 1. The van der Waals surface area contributed by atoms with Crippen LogP contribution in [0.25, 0.3) is 10.1 Å². The Kier molecular flexibility index (Phi) is 6.56. The number of nitrogens with zero attached hydrogens (tertiary/aromatic N) is 1. The van der Waals surface area contributed by atoms with Gasteiger partial charge in [-0.15, -0.1) is 0 Å². The van der Waals surface area contributed by atoms with Crippen LogP contribution >= 0.6 is 0 Å². The molecule has 1 heterocycles. The molecule has 0 saturated heterocycles. The van der Waals surface area contributed by atoms with Gasteiger partial charge in [-0.3, -0.25) is 0 Å². The van der Waals surface area contributed by atoms with Gasteiger partial charge in [0.1, 0.15) is 0 Å². The number of rotatable bonds is 7. The van der Waals surface area contributed by atoms with Crippen LogP contribution in [-0.4, -0.2) is 52.1 Å². The summed E-state index contributed by atoms with van der Waals surface area (Å²) in [5, 5.41) is 9.79. The molecule has 0 radical (unpaired) electrons. The summed E-state index contributed by atoms with van der Waals surface area (Å²) >= 11 is 0.618. The first kappa shape index (κ1) is 19.9. The van der Waals surface area contributed by atoms with Crippen LogP contribution in [0.3, 0.4) is 0 Å². The van der Waals surface area contributed by atoms with E-state index >= 15 is 0 Å². The molecule has 0 bridgehead atoms. The van der Waals surface area contributed by atoms with Crippen LogP contribution in [0.5, 0.6) is 5.75 Å². The van der Waals surface area contributed by atoms with Crippen LogP contribution in [0.1, 0.15) is 21.3 Å². The first-order valence-corrected chi connectivity index (χ1v) is 12.3. The quantitative estimate of drug-likeness (QED) is 0.515. The van der Waals surface area contributed by atoms with Crippen molar-refractivity contribution in [2.45, 2.75) is 26.1 Å². The zero-order chi connectivity index (χ0) is 19.4. The van der Waals surface area contributed by atoms with Gasteiger partial charge in [0, 0.05) is 0 Å². The molecule has 3 aromatic rings. The summed E-state index contributed by atoms with van der Waals surface area (Å²) in [6.45, 7) is 5.86. The van der Waals surface area contributed by atoms with E-state index in [4.69, 9.17) is 14.8 Å². The predicted molar refractivity (Wildman–Crippen MR) is 109 cm³/mol. The maximum atomic E-state index is 10.6. The second kappa shape index (κ2) is 8.90. The molecule has 6 heteroatoms. The minimum absolute atomic E-state index is 0.292. The number of hydrogen-bond acceptors (Lipinski definition) is 3. The Morgan fingerprint density at radius 2 is 1.89 bits per heavy atom. The molecule has 0 spiro atoms. The molecule has 0 saturated carbocycles. The Morgan fingerprint density at radius 1 is 1.15 bits per heavy atom. The van der Waals surface area contributed by atoms with Crippen molar-refractivity contribution in [3.8, 4) is 15.9 Å². The summed E-state index contributed by atoms with van der Waals surface area (Å²) in [5.41, 5.74) is 4.66. The van der Waals surface area contributed by atoms with Crippen molar-refractivity contribution in [2.24, 2.45) is 0 Å². The van der Waals surface area contributed by atoms with Gasteiger partial charge in [0.05, 0.1) is 0 Å². The molecule has 0 aliphatic heterocycles. The second-order valence-corrected chi connectivity index (χ2v) is 10.8. The van der Waals surface area contributed by atoms with Gasteiger partial charge >= 0.3 is 172 Å². The molecule has 4 nitrogen and oxygen atoms in total. The standard InChI is InChI=1S/C21H21NO3Se2/c1-13-4-6-16(7-5-13)21-22-15(3)19(27-21)12-26-17-8-9-18(14(2)10-17)25-11-20(23)24/h4-10H,11-12H2,1-3H3,(H,23,24). The van der Waals surface area contributed by atoms with E-state index < -0.39 is 5.97 Å². The summed E-state index contributed by atoms with van der Waals surface area (Å²) < 4.78 is 9.29. The number of hydrogen-bond donors (Lipinski definition) is 1. The molecule has 3 rings (SSSR count). The molecule has 0 fully saturated rings. The zero-order valence-corrected chi connectivity index (χ0v) is 18.9. The van der Waals surface area contributed by atoms with Crippen LogP contribution in [0.15, 0.2) is 42.5 Å². The Hall–Kier alpha value is -1.84. The van der Waals surface area contributed by atoms with Gasteiger partial charge in [-0.05, 0) is 0 Å². The Labute approximate surface area is 171 Å². The first-order chi connectivity index (χ1) is 12.9. The van der Waals surface area contributed by atoms with Crippen molar-refractivity contribution in [1.82, 2.24) is 4.98 Å². The average molecular weight is 493 g/mol. The molecular formula is C21H21NO3Se2. The number of aromatic nitrogens is 1. The fraction of sp³-hybridized carbons (Fsp3) is 0.238. The molecule has 0 atom stereocenters. The van der Waals surface area contributed by atoms with Gasteiger partial charge in [0.2, 0.25) is 0 Å². The maximum absolute atomic E-state index is 10.6. The summed E-state index contributed by atoms with van der Waals surface area (Å²) in [6.07, 6.45) is 0. The molecule has 0 amide bonds. The normalized spacial score (nSPS) is 10.8. The topological polar surface area (TPSA) is 59.4 Å². The van der Waals surface area contributed by atoms with Crippen molar-refractivity contribution in [2.75, 3.05) is 6.61 Å². The number of carboxylic acid groups (broad SMARTS) is 1. The van der Waals surface area contributed by atoms with Crippen LogP contribution in [0.4, 0.5) is 0 Å². The van der Waals surface area contributed by atoms with Crippen molar-refractivity contribution in [3.63, 3.8) is 0 Å². The summed E-state index contributed by atoms with van der Waals surface area (Å²) in [5.74, 6) is -0.319. The van der Waals surface area contributed by atoms with Crippen LogP contribution in [0.2, 0.25) is 0 Å². The van der Waals surface area contributed by atoms with Gasteiger partial charge in [-0.25, -0.2) is 0 Å². The van der Waals surface area contributed by atoms with E-state index in [9.17, 15) is 4.79 Å². The first-order valence-electron chi connectivity index (χ1n) is 8.54. The summed E-state index contributed by atoms with van der Waals surface area (Å²) in [6, 6.07) is 14.6. The Morgan fingerprint density at radius 3 is 2.56 bits per heavy atom. The van der Waals surface area contributed by atoms with Crippen molar-refractivity contribution in [3.05, 3.63) is 63.7 Å². The number of benzene rings is 2. The van der Waals surface area contributed by atoms with Crippen molar-refractivity contribution >= 4 is 39.9 Å². The third-order valence-corrected chi connectivity index (χ3v) is 9.66. The molecule has 27 heavy (non-hydrogen) atoms. The van der Waals surface area contributed by atoms with Crippen LogP contribution < -0.4 is 9.20 Å². The second-order valence-electron chi connectivity index (χ2n) is 6.29. The van der Waals surface area contributed by atoms with Gasteiger partial charge in [0.15, 0.2) is 0 Å². The Bertz CT molecular complexity index is 949. The number of carboxylic acids is 1. The molecule has 2 aromatic carbocycles. The Balaban J connectivity index is 1.67. The molecule has 0 unspecified atom stereocenters. The van der Waals surface area contributed by atoms with E-state index in [-0.39, 0.29) is 6.61 Å². The number of aliphatic carboxylic acids is 1. The molecule has 1 N–H and O–H groups in total. The number of ether oxygens (including phenoxy) is 1. The molecule has 140 valence electrons. The molecular weight excluding hydrogens is 472 g/mol. The summed E-state index contributed by atoms with van der Waals surface area (Å²) in [7, 11) is 0. The summed E-state index contributed by atoms with van der Waals surface area (Å²) in [4.78, 5) is 15.5. The monoisotopic (exact) mass is 495 g/mol. The zero-order valence-electron chi connectivity index (χ0n) is 15.5. The van der Waals surface area contributed by atoms with Crippen molar-refractivity contribution < 1.29 is 14.6 Å². The van der Waals surface area contributed by atoms with Gasteiger partial charge < -0.3 is 0 Å². The van der Waals surface area contributed by atoms with Gasteiger partial charge in [0.25, 0.3) is 0 Å². The van der Waals surface area contributed by atoms with Gasteiger partial charge in [-0.2, -0.15) is 0 Å². The fourth-order valence-corrected chi connectivity index (χ4v) is 7.72. The minimum atomic E-state index is -0.960. The molecule has 0 aliphatic rings.